The fraction of sp³-hybridized carbons (Fsp3) is 0.0769. The SMILES string of the molecule is Cc1ccc(SSc2ccc(C)cc2S(=O)(=O)O)c(S(=O)(=O)O)c1.Nc1ccccc1.Nc1ccccc1. The van der Waals surface area contributed by atoms with Gasteiger partial charge in [-0.3, -0.25) is 9.11 Å². The quantitative estimate of drug-likeness (QED) is 0.120. The van der Waals surface area contributed by atoms with Crippen LogP contribution in [0.5, 0.6) is 0 Å². The van der Waals surface area contributed by atoms with Crippen LogP contribution in [-0.2, 0) is 20.2 Å². The van der Waals surface area contributed by atoms with Gasteiger partial charge in [-0.1, -0.05) is 70.1 Å². The van der Waals surface area contributed by atoms with Gasteiger partial charge in [-0.2, -0.15) is 16.8 Å². The van der Waals surface area contributed by atoms with Gasteiger partial charge in [0.15, 0.2) is 0 Å². The van der Waals surface area contributed by atoms with Gasteiger partial charge in [0.25, 0.3) is 20.2 Å². The van der Waals surface area contributed by atoms with Crippen molar-refractivity contribution in [2.75, 3.05) is 11.5 Å². The van der Waals surface area contributed by atoms with Gasteiger partial charge >= 0.3 is 0 Å². The Morgan fingerprint density at radius 3 is 1.11 bits per heavy atom. The predicted octanol–water partition coefficient (Wildman–Crippen LogP) is 6.13. The lowest BCUT2D eigenvalue weighted by Crippen LogP contribution is -2.01. The maximum atomic E-state index is 11.5. The van der Waals surface area contributed by atoms with Gasteiger partial charge in [-0.25, -0.2) is 0 Å². The van der Waals surface area contributed by atoms with Crippen LogP contribution in [0.2, 0.25) is 0 Å². The van der Waals surface area contributed by atoms with Crippen molar-refractivity contribution in [1.82, 2.24) is 0 Å². The van der Waals surface area contributed by atoms with E-state index in [1.807, 2.05) is 60.7 Å². The predicted molar refractivity (Wildman–Crippen MR) is 155 cm³/mol. The molecule has 8 nitrogen and oxygen atoms in total. The van der Waals surface area contributed by atoms with E-state index in [0.29, 0.717) is 11.1 Å². The molecule has 0 heterocycles. The normalized spacial score (nSPS) is 10.9. The molecule has 4 aromatic rings. The highest BCUT2D eigenvalue weighted by Crippen LogP contribution is 2.43. The van der Waals surface area contributed by atoms with Gasteiger partial charge in [-0.05, 0) is 73.5 Å². The highest BCUT2D eigenvalue weighted by atomic mass is 33.1. The lowest BCUT2D eigenvalue weighted by Gasteiger charge is -2.10. The number of aryl methyl sites for hydroxylation is 2. The highest BCUT2D eigenvalue weighted by Gasteiger charge is 2.20. The van der Waals surface area contributed by atoms with Crippen LogP contribution < -0.4 is 11.5 Å². The molecule has 0 atom stereocenters. The smallest absolute Gasteiger partial charge is 0.295 e. The molecule has 0 aliphatic rings. The van der Waals surface area contributed by atoms with Crippen molar-refractivity contribution >= 4 is 53.2 Å². The average molecular weight is 593 g/mol. The minimum atomic E-state index is -4.41. The molecule has 0 radical (unpaired) electrons. The number of nitrogen functional groups attached to an aromatic ring is 2. The molecule has 0 saturated heterocycles. The van der Waals surface area contributed by atoms with Crippen molar-refractivity contribution in [1.29, 1.82) is 0 Å². The summed E-state index contributed by atoms with van der Waals surface area (Å²) in [6, 6.07) is 28.0. The zero-order valence-electron chi connectivity index (χ0n) is 20.6. The zero-order chi connectivity index (χ0) is 28.3. The van der Waals surface area contributed by atoms with Gasteiger partial charge < -0.3 is 11.5 Å². The Labute approximate surface area is 231 Å². The Morgan fingerprint density at radius 2 is 0.868 bits per heavy atom. The van der Waals surface area contributed by atoms with Crippen LogP contribution in [0.15, 0.2) is 117 Å². The van der Waals surface area contributed by atoms with Crippen LogP contribution in [0.3, 0.4) is 0 Å². The summed E-state index contributed by atoms with van der Waals surface area (Å²) in [7, 11) is -6.87. The number of nitrogens with two attached hydrogens (primary N) is 2. The molecular formula is C26H28N2O6S4. The van der Waals surface area contributed by atoms with Crippen molar-refractivity contribution in [3.8, 4) is 0 Å². The lowest BCUT2D eigenvalue weighted by atomic mass is 10.2. The van der Waals surface area contributed by atoms with Crippen molar-refractivity contribution in [3.05, 3.63) is 108 Å². The van der Waals surface area contributed by atoms with Gasteiger partial charge in [-0.15, -0.1) is 0 Å². The zero-order valence-corrected chi connectivity index (χ0v) is 23.8. The first-order valence-electron chi connectivity index (χ1n) is 10.9. The Hall–Kier alpha value is -3.00. The molecule has 0 spiro atoms. The van der Waals surface area contributed by atoms with E-state index < -0.39 is 20.2 Å². The minimum absolute atomic E-state index is 0.250. The average Bonchev–Trinajstić information content (AvgIpc) is 2.84. The number of benzene rings is 4. The van der Waals surface area contributed by atoms with E-state index in [1.54, 1.807) is 26.0 Å². The van der Waals surface area contributed by atoms with Gasteiger partial charge in [0, 0.05) is 21.2 Å². The van der Waals surface area contributed by atoms with E-state index in [2.05, 4.69) is 0 Å². The molecule has 0 aliphatic heterocycles. The molecule has 0 bridgehead atoms. The van der Waals surface area contributed by atoms with E-state index in [4.69, 9.17) is 11.5 Å². The van der Waals surface area contributed by atoms with Crippen LogP contribution in [-0.4, -0.2) is 25.9 Å². The summed E-state index contributed by atoms with van der Waals surface area (Å²) in [6.45, 7) is 3.37. The first-order valence-corrected chi connectivity index (χ1v) is 15.9. The second-order valence-corrected chi connectivity index (χ2v) is 12.8. The molecular weight excluding hydrogens is 565 g/mol. The van der Waals surface area contributed by atoms with Crippen LogP contribution in [0.4, 0.5) is 11.4 Å². The van der Waals surface area contributed by atoms with E-state index >= 15 is 0 Å². The van der Waals surface area contributed by atoms with Crippen molar-refractivity contribution in [2.24, 2.45) is 0 Å². The Bertz CT molecular complexity index is 1430. The number of anilines is 2. The molecule has 12 heteroatoms. The summed E-state index contributed by atoms with van der Waals surface area (Å²) < 4.78 is 64.6. The number of para-hydroxylation sites is 2. The van der Waals surface area contributed by atoms with E-state index in [0.717, 1.165) is 33.0 Å². The molecule has 0 saturated carbocycles. The molecule has 0 fully saturated rings. The first kappa shape index (κ1) is 31.2. The molecule has 6 N–H and O–H groups in total. The molecule has 0 amide bonds. The maximum absolute atomic E-state index is 11.5. The van der Waals surface area contributed by atoms with Crippen molar-refractivity contribution in [3.63, 3.8) is 0 Å². The minimum Gasteiger partial charge on any atom is -0.399 e. The third-order valence-corrected chi connectivity index (χ3v) is 9.10. The third-order valence-electron chi connectivity index (χ3n) is 4.57. The van der Waals surface area contributed by atoms with Crippen LogP contribution in [0.25, 0.3) is 0 Å². The molecule has 202 valence electrons. The van der Waals surface area contributed by atoms with Crippen LogP contribution in [0, 0.1) is 13.8 Å². The summed E-state index contributed by atoms with van der Waals surface area (Å²) in [6.07, 6.45) is 0. The van der Waals surface area contributed by atoms with Crippen LogP contribution >= 0.6 is 21.6 Å². The molecule has 0 unspecified atom stereocenters. The van der Waals surface area contributed by atoms with E-state index in [9.17, 15) is 25.9 Å². The first-order chi connectivity index (χ1) is 17.8. The number of hydrogen-bond acceptors (Lipinski definition) is 8. The summed E-state index contributed by atoms with van der Waals surface area (Å²) in [5.41, 5.74) is 13.7. The molecule has 4 aromatic carbocycles. The molecule has 0 aromatic heterocycles. The number of hydrogen-bond donors (Lipinski definition) is 4. The maximum Gasteiger partial charge on any atom is 0.295 e. The summed E-state index contributed by atoms with van der Waals surface area (Å²) in [5.74, 6) is 0. The molecule has 38 heavy (non-hydrogen) atoms. The Balaban J connectivity index is 0.000000291. The fourth-order valence-electron chi connectivity index (χ4n) is 2.77. The Morgan fingerprint density at radius 1 is 0.553 bits per heavy atom. The number of rotatable bonds is 5. The Kier molecular flexibility index (Phi) is 11.7. The lowest BCUT2D eigenvalue weighted by molar-refractivity contribution is 0.478. The standard InChI is InChI=1S/C14H14O6S4.2C6H7N/c1-9-3-5-11(13(7-9)23(15,16)17)21-22-12-6-4-10(2)8-14(12)24(18,19)20;2*7-6-4-2-1-3-5-6/h3-8H,1-2H3,(H,15,16,17)(H,18,19,20);2*1-5H,7H2. The monoisotopic (exact) mass is 592 g/mol. The van der Waals surface area contributed by atoms with Crippen molar-refractivity contribution in [2.45, 2.75) is 33.4 Å². The largest absolute Gasteiger partial charge is 0.399 e. The second kappa shape index (κ2) is 14.2. The molecule has 0 aliphatic carbocycles. The summed E-state index contributed by atoms with van der Waals surface area (Å²) in [4.78, 5) is 0.0194. The van der Waals surface area contributed by atoms with Gasteiger partial charge in [0.05, 0.1) is 0 Å². The van der Waals surface area contributed by atoms with Crippen molar-refractivity contribution < 1.29 is 25.9 Å². The van der Waals surface area contributed by atoms with Gasteiger partial charge in [0.1, 0.15) is 9.79 Å². The van der Waals surface area contributed by atoms with Gasteiger partial charge in [0.2, 0.25) is 0 Å². The molecule has 4 rings (SSSR count). The third kappa shape index (κ3) is 10.8. The topological polar surface area (TPSA) is 161 Å². The van der Waals surface area contributed by atoms with E-state index in [1.165, 1.54) is 24.3 Å². The summed E-state index contributed by atoms with van der Waals surface area (Å²) in [5, 5.41) is 0. The fourth-order valence-corrected chi connectivity index (χ4v) is 7.40. The highest BCUT2D eigenvalue weighted by molar-refractivity contribution is 8.76. The summed E-state index contributed by atoms with van der Waals surface area (Å²) >= 11 is 0. The van der Waals surface area contributed by atoms with E-state index in [-0.39, 0.29) is 19.6 Å². The van der Waals surface area contributed by atoms with Crippen LogP contribution in [0.1, 0.15) is 11.1 Å². The second-order valence-electron chi connectivity index (χ2n) is 7.84.